The molecule has 0 saturated carbocycles. The molecule has 0 amide bonds. The van der Waals surface area contributed by atoms with Crippen molar-refractivity contribution in [2.45, 2.75) is 32.0 Å². The van der Waals surface area contributed by atoms with Crippen molar-refractivity contribution < 1.29 is 0 Å². The fourth-order valence-corrected chi connectivity index (χ4v) is 12.2. The Hall–Kier alpha value is -7.46. The molecule has 0 atom stereocenters. The Morgan fingerprint density at radius 1 is 0.344 bits per heavy atom. The second-order valence-corrected chi connectivity index (χ2v) is 23.6. The first-order valence-electron chi connectivity index (χ1n) is 22.5. The number of hydrogen-bond acceptors (Lipinski definition) is 2. The molecule has 10 aromatic carbocycles. The highest BCUT2D eigenvalue weighted by molar-refractivity contribution is 6.88. The van der Waals surface area contributed by atoms with Crippen LogP contribution in [0.25, 0.3) is 43.8 Å². The summed E-state index contributed by atoms with van der Waals surface area (Å²) >= 11 is 0. The van der Waals surface area contributed by atoms with Gasteiger partial charge in [0.2, 0.25) is 0 Å². The molecule has 0 heterocycles. The molecule has 0 fully saturated rings. The molecule has 2 aliphatic carbocycles. The first kappa shape index (κ1) is 38.2. The smallest absolute Gasteiger partial charge is 0.0776 e. The van der Waals surface area contributed by atoms with Gasteiger partial charge in [0.25, 0.3) is 0 Å². The Kier molecular flexibility index (Phi) is 8.69. The molecule has 0 bridgehead atoms. The number of anilines is 6. The number of nitrogens with zero attached hydrogens (tertiary/aromatic N) is 2. The summed E-state index contributed by atoms with van der Waals surface area (Å²) in [6.07, 6.45) is 0. The quantitative estimate of drug-likeness (QED) is 0.148. The molecule has 12 rings (SSSR count). The first-order chi connectivity index (χ1) is 31.3. The van der Waals surface area contributed by atoms with Gasteiger partial charge < -0.3 is 9.80 Å². The molecule has 2 aliphatic rings. The fraction of sp³-hybridized carbons (Fsp3) is 0.0820. The second-order valence-electron chi connectivity index (χ2n) is 18.6. The number of aryl methyl sites for hydroxylation is 1. The Bertz CT molecular complexity index is 3410. The molecule has 1 spiro atoms. The van der Waals surface area contributed by atoms with E-state index in [1.54, 1.807) is 0 Å². The molecule has 0 aromatic heterocycles. The number of fused-ring (bicyclic) bond motifs is 14. The van der Waals surface area contributed by atoms with E-state index >= 15 is 0 Å². The third-order valence-corrected chi connectivity index (χ3v) is 15.8. The van der Waals surface area contributed by atoms with Gasteiger partial charge in [0.1, 0.15) is 0 Å². The van der Waals surface area contributed by atoms with Gasteiger partial charge in [-0.2, -0.15) is 0 Å². The molecule has 306 valence electrons. The summed E-state index contributed by atoms with van der Waals surface area (Å²) in [5.41, 5.74) is 18.0. The molecular formula is C61H48N2Si. The van der Waals surface area contributed by atoms with Gasteiger partial charge in [0, 0.05) is 33.5 Å². The summed E-state index contributed by atoms with van der Waals surface area (Å²) in [7, 11) is -1.66. The van der Waals surface area contributed by atoms with Gasteiger partial charge in [-0.15, -0.1) is 0 Å². The van der Waals surface area contributed by atoms with Crippen molar-refractivity contribution in [2.75, 3.05) is 9.80 Å². The molecule has 10 aromatic rings. The lowest BCUT2D eigenvalue weighted by Gasteiger charge is -2.34. The van der Waals surface area contributed by atoms with E-state index in [9.17, 15) is 0 Å². The molecule has 0 aliphatic heterocycles. The van der Waals surface area contributed by atoms with Crippen molar-refractivity contribution in [3.8, 4) is 22.3 Å². The van der Waals surface area contributed by atoms with Crippen LogP contribution in [0.3, 0.4) is 0 Å². The van der Waals surface area contributed by atoms with Crippen LogP contribution in [0.5, 0.6) is 0 Å². The highest BCUT2D eigenvalue weighted by atomic mass is 28.3. The SMILES string of the molecule is Cc1cccc(N(c2ccccc2)c2cc3c(c4ccccc24)-c2c(cc(N(c4ccccc4)c4cccc([Si](C)(C)C)c4)c4ccccc24)C32c3ccccc3-c3ccccc32)c1. The maximum Gasteiger partial charge on any atom is 0.0776 e. The van der Waals surface area contributed by atoms with Crippen LogP contribution in [0.2, 0.25) is 19.6 Å². The topological polar surface area (TPSA) is 6.48 Å². The highest BCUT2D eigenvalue weighted by Crippen LogP contribution is 2.67. The lowest BCUT2D eigenvalue weighted by molar-refractivity contribution is 0.795. The zero-order chi connectivity index (χ0) is 43.2. The van der Waals surface area contributed by atoms with Crippen LogP contribution in [0, 0.1) is 6.92 Å². The van der Waals surface area contributed by atoms with Crippen LogP contribution in [0.1, 0.15) is 27.8 Å². The Labute approximate surface area is 377 Å². The molecule has 64 heavy (non-hydrogen) atoms. The zero-order valence-corrected chi connectivity index (χ0v) is 37.7. The summed E-state index contributed by atoms with van der Waals surface area (Å²) in [4.78, 5) is 5.00. The minimum Gasteiger partial charge on any atom is -0.310 e. The van der Waals surface area contributed by atoms with Gasteiger partial charge in [-0.3, -0.25) is 0 Å². The molecule has 0 saturated heterocycles. The summed E-state index contributed by atoms with van der Waals surface area (Å²) in [6.45, 7) is 9.51. The highest BCUT2D eigenvalue weighted by Gasteiger charge is 2.53. The largest absolute Gasteiger partial charge is 0.310 e. The number of benzene rings is 10. The van der Waals surface area contributed by atoms with Gasteiger partial charge in [0.15, 0.2) is 0 Å². The van der Waals surface area contributed by atoms with E-state index in [2.05, 4.69) is 255 Å². The fourth-order valence-electron chi connectivity index (χ4n) is 11.1. The minimum absolute atomic E-state index is 0.618. The maximum absolute atomic E-state index is 2.58. The van der Waals surface area contributed by atoms with E-state index in [1.165, 1.54) is 93.9 Å². The Morgan fingerprint density at radius 2 is 0.750 bits per heavy atom. The van der Waals surface area contributed by atoms with Crippen molar-refractivity contribution >= 4 is 68.9 Å². The van der Waals surface area contributed by atoms with E-state index in [4.69, 9.17) is 0 Å². The van der Waals surface area contributed by atoms with E-state index in [0.29, 0.717) is 0 Å². The predicted molar refractivity (Wildman–Crippen MR) is 275 cm³/mol. The van der Waals surface area contributed by atoms with Gasteiger partial charge in [-0.1, -0.05) is 183 Å². The normalized spacial score (nSPS) is 13.1. The summed E-state index contributed by atoms with van der Waals surface area (Å²) < 4.78 is 0. The molecule has 2 nitrogen and oxygen atoms in total. The van der Waals surface area contributed by atoms with E-state index in [1.807, 2.05) is 0 Å². The van der Waals surface area contributed by atoms with Crippen LogP contribution < -0.4 is 15.0 Å². The van der Waals surface area contributed by atoms with Crippen molar-refractivity contribution in [3.05, 3.63) is 246 Å². The standard InChI is InChI=1S/C61H48N2Si/c1-41-21-19-26-44(37-41)62(42-22-7-5-8-23-42)57-39-55-59(51-33-13-11-31-49(51)57)60-52-34-14-12-32-50(52)58(63(43-24-9-6-10-25-43)45-27-20-28-46(38-45)64(2,3)4)40-56(60)61(55)53-35-17-15-29-47(53)48-30-16-18-36-54(48)61/h5-40H,1-4H3. The average Bonchev–Trinajstić information content (AvgIpc) is 3.80. The second kappa shape index (κ2) is 14.6. The van der Waals surface area contributed by atoms with E-state index < -0.39 is 13.5 Å². The molecule has 3 heteroatoms. The van der Waals surface area contributed by atoms with Crippen molar-refractivity contribution in [1.82, 2.24) is 0 Å². The third-order valence-electron chi connectivity index (χ3n) is 13.8. The Balaban J connectivity index is 1.26. The summed E-state index contributed by atoms with van der Waals surface area (Å²) in [5.74, 6) is 0. The summed E-state index contributed by atoms with van der Waals surface area (Å²) in [6, 6.07) is 82.0. The van der Waals surface area contributed by atoms with Crippen molar-refractivity contribution in [3.63, 3.8) is 0 Å². The van der Waals surface area contributed by atoms with Crippen LogP contribution in [-0.4, -0.2) is 8.07 Å². The van der Waals surface area contributed by atoms with E-state index in [-0.39, 0.29) is 0 Å². The molecular weight excluding hydrogens is 789 g/mol. The van der Waals surface area contributed by atoms with Gasteiger partial charge in [0.05, 0.1) is 24.9 Å². The van der Waals surface area contributed by atoms with Crippen LogP contribution in [-0.2, 0) is 5.41 Å². The third kappa shape index (κ3) is 5.64. The average molecular weight is 837 g/mol. The predicted octanol–water partition coefficient (Wildman–Crippen LogP) is 16.1. The number of hydrogen-bond donors (Lipinski definition) is 0. The van der Waals surface area contributed by atoms with Crippen LogP contribution >= 0.6 is 0 Å². The van der Waals surface area contributed by atoms with Crippen LogP contribution in [0.4, 0.5) is 34.1 Å². The first-order valence-corrected chi connectivity index (χ1v) is 26.0. The van der Waals surface area contributed by atoms with Crippen LogP contribution in [0.15, 0.2) is 218 Å². The monoisotopic (exact) mass is 836 g/mol. The van der Waals surface area contributed by atoms with E-state index in [0.717, 1.165) is 17.1 Å². The molecule has 0 N–H and O–H groups in total. The minimum atomic E-state index is -1.66. The number of para-hydroxylation sites is 2. The Morgan fingerprint density at radius 3 is 1.23 bits per heavy atom. The van der Waals surface area contributed by atoms with Gasteiger partial charge in [-0.25, -0.2) is 0 Å². The lowest BCUT2D eigenvalue weighted by Crippen LogP contribution is -2.37. The summed E-state index contributed by atoms with van der Waals surface area (Å²) in [5, 5.41) is 6.40. The molecule has 0 radical (unpaired) electrons. The van der Waals surface area contributed by atoms with Gasteiger partial charge in [-0.05, 0) is 128 Å². The maximum atomic E-state index is 2.58. The van der Waals surface area contributed by atoms with Crippen molar-refractivity contribution in [1.29, 1.82) is 0 Å². The van der Waals surface area contributed by atoms with Gasteiger partial charge >= 0.3 is 0 Å². The zero-order valence-electron chi connectivity index (χ0n) is 36.7. The van der Waals surface area contributed by atoms with Crippen molar-refractivity contribution in [2.24, 2.45) is 0 Å². The lowest BCUT2D eigenvalue weighted by atomic mass is 9.70. The number of rotatable bonds is 7. The molecule has 0 unspecified atom stereocenters.